The first-order chi connectivity index (χ1) is 9.91. The monoisotopic (exact) mass is 323 g/mol. The van der Waals surface area contributed by atoms with Crippen molar-refractivity contribution < 1.29 is 9.52 Å². The van der Waals surface area contributed by atoms with Crippen LogP contribution in [0.2, 0.25) is 0 Å². The van der Waals surface area contributed by atoms with E-state index in [1.165, 1.54) is 0 Å². The van der Waals surface area contributed by atoms with Crippen molar-refractivity contribution in [3.63, 3.8) is 0 Å². The number of benzene rings is 1. The molecule has 0 fully saturated rings. The van der Waals surface area contributed by atoms with E-state index < -0.39 is 6.10 Å². The van der Waals surface area contributed by atoms with Crippen LogP contribution in [0.1, 0.15) is 51.5 Å². The highest BCUT2D eigenvalue weighted by atomic mass is 35.5. The normalized spacial score (nSPS) is 12.8. The number of hydrogen-bond acceptors (Lipinski definition) is 3. The van der Waals surface area contributed by atoms with Gasteiger partial charge >= 0.3 is 0 Å². The molecule has 122 valence electrons. The van der Waals surface area contributed by atoms with Crippen LogP contribution in [0.15, 0.2) is 40.8 Å². The van der Waals surface area contributed by atoms with Gasteiger partial charge < -0.3 is 14.8 Å². The Kier molecular flexibility index (Phi) is 6.66. The number of aliphatic hydroxyl groups excluding tert-OH is 1. The Morgan fingerprint density at radius 3 is 2.32 bits per heavy atom. The van der Waals surface area contributed by atoms with Gasteiger partial charge in [0.05, 0.1) is 12.6 Å². The predicted molar refractivity (Wildman–Crippen MR) is 93.2 cm³/mol. The van der Waals surface area contributed by atoms with Gasteiger partial charge in [-0.1, -0.05) is 31.2 Å². The quantitative estimate of drug-likeness (QED) is 0.810. The Morgan fingerprint density at radius 2 is 1.77 bits per heavy atom. The molecule has 0 radical (unpaired) electrons. The first-order valence-corrected chi connectivity index (χ1v) is 7.53. The van der Waals surface area contributed by atoms with Crippen molar-refractivity contribution in [2.45, 2.75) is 52.3 Å². The van der Waals surface area contributed by atoms with Crippen LogP contribution in [-0.2, 0) is 6.54 Å². The van der Waals surface area contributed by atoms with Gasteiger partial charge in [0, 0.05) is 11.1 Å². The van der Waals surface area contributed by atoms with E-state index in [1.54, 1.807) is 6.92 Å². The number of aliphatic hydroxyl groups is 1. The number of halogens is 1. The Morgan fingerprint density at radius 1 is 1.14 bits per heavy atom. The molecule has 1 heterocycles. The second-order valence-electron chi connectivity index (χ2n) is 6.15. The highest BCUT2D eigenvalue weighted by molar-refractivity contribution is 5.85. The minimum absolute atomic E-state index is 0. The molecule has 0 amide bonds. The second-order valence-corrected chi connectivity index (χ2v) is 6.15. The Labute approximate surface area is 139 Å². The molecular formula is C18H26ClNO2. The van der Waals surface area contributed by atoms with E-state index in [9.17, 15) is 5.11 Å². The molecule has 0 spiro atoms. The Balaban J connectivity index is 0.00000242. The summed E-state index contributed by atoms with van der Waals surface area (Å²) in [6, 6.07) is 11.8. The van der Waals surface area contributed by atoms with Gasteiger partial charge in [-0.3, -0.25) is 0 Å². The van der Waals surface area contributed by atoms with Crippen LogP contribution in [0.25, 0.3) is 11.3 Å². The van der Waals surface area contributed by atoms with E-state index >= 15 is 0 Å². The molecule has 1 unspecified atom stereocenters. The Bertz CT molecular complexity index is 573. The molecule has 1 atom stereocenters. The maximum Gasteiger partial charge on any atom is 0.134 e. The van der Waals surface area contributed by atoms with E-state index in [-0.39, 0.29) is 17.9 Å². The molecule has 0 aliphatic carbocycles. The van der Waals surface area contributed by atoms with Crippen LogP contribution >= 0.6 is 12.4 Å². The largest absolute Gasteiger partial charge is 0.460 e. The van der Waals surface area contributed by atoms with Crippen LogP contribution in [0.3, 0.4) is 0 Å². The molecule has 4 heteroatoms. The Hall–Kier alpha value is -1.29. The lowest BCUT2D eigenvalue weighted by atomic mass is 10.0. The second kappa shape index (κ2) is 7.82. The first kappa shape index (κ1) is 18.8. The SMILES string of the molecule is CCC(C)(C)NCc1ccc(-c2ccc(C(C)O)cc2)o1.Cl. The molecule has 3 nitrogen and oxygen atoms in total. The highest BCUT2D eigenvalue weighted by Gasteiger charge is 2.14. The molecular weight excluding hydrogens is 298 g/mol. The van der Waals surface area contributed by atoms with Crippen LogP contribution in [0.5, 0.6) is 0 Å². The maximum absolute atomic E-state index is 9.53. The zero-order chi connectivity index (χ0) is 15.5. The number of rotatable bonds is 6. The number of furan rings is 1. The van der Waals surface area contributed by atoms with Crippen molar-refractivity contribution in [2.75, 3.05) is 0 Å². The standard InChI is InChI=1S/C18H25NO2.ClH/c1-5-18(3,4)19-12-16-10-11-17(21-16)15-8-6-14(7-9-15)13(2)20;/h6-11,13,19-20H,5,12H2,1-4H3;1H. The number of hydrogen-bond donors (Lipinski definition) is 2. The molecule has 1 aromatic carbocycles. The summed E-state index contributed by atoms with van der Waals surface area (Å²) in [6.45, 7) is 9.04. The van der Waals surface area contributed by atoms with Crippen molar-refractivity contribution in [1.82, 2.24) is 5.32 Å². The zero-order valence-electron chi connectivity index (χ0n) is 13.7. The van der Waals surface area contributed by atoms with E-state index in [4.69, 9.17) is 4.42 Å². The highest BCUT2D eigenvalue weighted by Crippen LogP contribution is 2.24. The lowest BCUT2D eigenvalue weighted by molar-refractivity contribution is 0.199. The van der Waals surface area contributed by atoms with E-state index in [0.29, 0.717) is 0 Å². The summed E-state index contributed by atoms with van der Waals surface area (Å²) in [7, 11) is 0. The third kappa shape index (κ3) is 4.87. The van der Waals surface area contributed by atoms with Crippen LogP contribution in [-0.4, -0.2) is 10.6 Å². The molecule has 0 saturated carbocycles. The fourth-order valence-electron chi connectivity index (χ4n) is 2.01. The van der Waals surface area contributed by atoms with Gasteiger partial charge in [-0.25, -0.2) is 0 Å². The van der Waals surface area contributed by atoms with Crippen LogP contribution in [0, 0.1) is 0 Å². The van der Waals surface area contributed by atoms with E-state index in [0.717, 1.165) is 35.6 Å². The van der Waals surface area contributed by atoms with Crippen molar-refractivity contribution in [2.24, 2.45) is 0 Å². The summed E-state index contributed by atoms with van der Waals surface area (Å²) in [6.07, 6.45) is 0.633. The molecule has 0 aliphatic rings. The van der Waals surface area contributed by atoms with Gasteiger partial charge in [0.25, 0.3) is 0 Å². The van der Waals surface area contributed by atoms with Gasteiger partial charge in [-0.2, -0.15) is 0 Å². The summed E-state index contributed by atoms with van der Waals surface area (Å²) in [5.74, 6) is 1.80. The molecule has 0 aliphatic heterocycles. The average molecular weight is 324 g/mol. The van der Waals surface area contributed by atoms with Crippen molar-refractivity contribution >= 4 is 12.4 Å². The average Bonchev–Trinajstić information content (AvgIpc) is 2.94. The van der Waals surface area contributed by atoms with Gasteiger partial charge in [-0.05, 0) is 44.9 Å². The maximum atomic E-state index is 9.53. The smallest absolute Gasteiger partial charge is 0.134 e. The van der Waals surface area contributed by atoms with Crippen molar-refractivity contribution in [3.8, 4) is 11.3 Å². The third-order valence-corrected chi connectivity index (χ3v) is 3.96. The molecule has 22 heavy (non-hydrogen) atoms. The molecule has 2 rings (SSSR count). The fourth-order valence-corrected chi connectivity index (χ4v) is 2.01. The van der Waals surface area contributed by atoms with Gasteiger partial charge in [0.1, 0.15) is 11.5 Å². The minimum atomic E-state index is -0.438. The lowest BCUT2D eigenvalue weighted by Gasteiger charge is -2.23. The molecule has 0 bridgehead atoms. The minimum Gasteiger partial charge on any atom is -0.460 e. The van der Waals surface area contributed by atoms with Gasteiger partial charge in [0.15, 0.2) is 0 Å². The third-order valence-electron chi connectivity index (χ3n) is 3.96. The van der Waals surface area contributed by atoms with Crippen LogP contribution in [0.4, 0.5) is 0 Å². The van der Waals surface area contributed by atoms with E-state index in [2.05, 4.69) is 26.1 Å². The first-order valence-electron chi connectivity index (χ1n) is 7.53. The zero-order valence-corrected chi connectivity index (χ0v) is 14.5. The molecule has 2 N–H and O–H groups in total. The summed E-state index contributed by atoms with van der Waals surface area (Å²) >= 11 is 0. The van der Waals surface area contributed by atoms with Gasteiger partial charge in [0.2, 0.25) is 0 Å². The summed E-state index contributed by atoms with van der Waals surface area (Å²) in [5, 5.41) is 13.0. The topological polar surface area (TPSA) is 45.4 Å². The predicted octanol–water partition coefficient (Wildman–Crippen LogP) is 4.70. The van der Waals surface area contributed by atoms with Crippen molar-refractivity contribution in [1.29, 1.82) is 0 Å². The summed E-state index contributed by atoms with van der Waals surface area (Å²) < 4.78 is 5.88. The summed E-state index contributed by atoms with van der Waals surface area (Å²) in [5.41, 5.74) is 2.06. The van der Waals surface area contributed by atoms with Crippen molar-refractivity contribution in [3.05, 3.63) is 47.7 Å². The molecule has 2 aromatic rings. The lowest BCUT2D eigenvalue weighted by Crippen LogP contribution is -2.37. The van der Waals surface area contributed by atoms with Gasteiger partial charge in [-0.15, -0.1) is 12.4 Å². The summed E-state index contributed by atoms with van der Waals surface area (Å²) in [4.78, 5) is 0. The van der Waals surface area contributed by atoms with Crippen LogP contribution < -0.4 is 5.32 Å². The molecule has 1 aromatic heterocycles. The fraction of sp³-hybridized carbons (Fsp3) is 0.444. The molecule has 0 saturated heterocycles. The number of nitrogens with one attached hydrogen (secondary N) is 1. The van der Waals surface area contributed by atoms with E-state index in [1.807, 2.05) is 36.4 Å².